The molecular formula is C21H21N3O4S. The second-order valence-electron chi connectivity index (χ2n) is 6.81. The average Bonchev–Trinajstić information content (AvgIpc) is 3.09. The number of nitrogens with zero attached hydrogens (tertiary/aromatic N) is 2. The van der Waals surface area contributed by atoms with Crippen LogP contribution in [0.3, 0.4) is 0 Å². The summed E-state index contributed by atoms with van der Waals surface area (Å²) in [5, 5.41) is 9.15. The number of methoxy groups -OCH3 is 1. The minimum absolute atomic E-state index is 0.0584. The summed E-state index contributed by atoms with van der Waals surface area (Å²) >= 11 is 1.26. The number of hydrogen-bond acceptors (Lipinski definition) is 6. The maximum atomic E-state index is 12.8. The molecule has 7 nitrogen and oxygen atoms in total. The van der Waals surface area contributed by atoms with Crippen LogP contribution in [-0.4, -0.2) is 28.8 Å². The molecule has 0 aliphatic rings. The third kappa shape index (κ3) is 4.60. The van der Waals surface area contributed by atoms with Crippen LogP contribution in [0.1, 0.15) is 40.3 Å². The molecule has 3 rings (SSSR count). The van der Waals surface area contributed by atoms with Gasteiger partial charge in [-0.1, -0.05) is 32.0 Å². The molecule has 0 unspecified atom stereocenters. The van der Waals surface area contributed by atoms with E-state index in [4.69, 9.17) is 4.74 Å². The molecule has 0 spiro atoms. The molecule has 2 heterocycles. The van der Waals surface area contributed by atoms with Crippen LogP contribution in [0.2, 0.25) is 0 Å². The Hall–Kier alpha value is -3.26. The molecule has 8 heteroatoms. The molecule has 0 bridgehead atoms. The van der Waals surface area contributed by atoms with Gasteiger partial charge in [-0.2, -0.15) is 9.78 Å². The van der Waals surface area contributed by atoms with Gasteiger partial charge in [0, 0.05) is 6.07 Å². The first kappa shape index (κ1) is 20.5. The zero-order chi connectivity index (χ0) is 21.0. The predicted octanol–water partition coefficient (Wildman–Crippen LogP) is 3.53. The van der Waals surface area contributed by atoms with Crippen LogP contribution in [-0.2, 0) is 11.2 Å². The minimum atomic E-state index is -0.516. The van der Waals surface area contributed by atoms with Crippen molar-refractivity contribution in [2.24, 2.45) is 5.92 Å². The third-order valence-corrected chi connectivity index (χ3v) is 5.09. The monoisotopic (exact) mass is 411 g/mol. The van der Waals surface area contributed by atoms with Crippen LogP contribution in [0, 0.1) is 5.92 Å². The van der Waals surface area contributed by atoms with E-state index >= 15 is 0 Å². The fourth-order valence-corrected chi connectivity index (χ4v) is 3.81. The number of para-hydroxylation sites is 1. The summed E-state index contributed by atoms with van der Waals surface area (Å²) in [5.74, 6) is -0.676. The Morgan fingerprint density at radius 2 is 1.90 bits per heavy atom. The van der Waals surface area contributed by atoms with Crippen molar-refractivity contribution >= 4 is 28.2 Å². The molecule has 0 saturated carbocycles. The van der Waals surface area contributed by atoms with Crippen molar-refractivity contribution in [1.29, 1.82) is 0 Å². The van der Waals surface area contributed by atoms with E-state index in [-0.39, 0.29) is 11.3 Å². The lowest BCUT2D eigenvalue weighted by molar-refractivity contribution is 0.0601. The van der Waals surface area contributed by atoms with Crippen molar-refractivity contribution in [3.05, 3.63) is 75.0 Å². The molecular weight excluding hydrogens is 390 g/mol. The molecule has 150 valence electrons. The van der Waals surface area contributed by atoms with Gasteiger partial charge < -0.3 is 10.1 Å². The minimum Gasteiger partial charge on any atom is -0.465 e. The summed E-state index contributed by atoms with van der Waals surface area (Å²) in [6.45, 7) is 4.10. The summed E-state index contributed by atoms with van der Waals surface area (Å²) < 4.78 is 6.05. The smallest absolute Gasteiger partial charge is 0.341 e. The van der Waals surface area contributed by atoms with Crippen molar-refractivity contribution in [2.75, 3.05) is 12.4 Å². The Bertz CT molecular complexity index is 1090. The Balaban J connectivity index is 1.92. The van der Waals surface area contributed by atoms with Gasteiger partial charge in [0.1, 0.15) is 10.7 Å². The summed E-state index contributed by atoms with van der Waals surface area (Å²) in [4.78, 5) is 37.2. The number of thiophene rings is 1. The van der Waals surface area contributed by atoms with Crippen LogP contribution in [0.15, 0.2) is 52.6 Å². The Kier molecular flexibility index (Phi) is 6.23. The van der Waals surface area contributed by atoms with Crippen molar-refractivity contribution in [2.45, 2.75) is 20.3 Å². The molecule has 0 aliphatic heterocycles. The zero-order valence-electron chi connectivity index (χ0n) is 16.3. The molecule has 3 aromatic rings. The summed E-state index contributed by atoms with van der Waals surface area (Å²) in [6, 6.07) is 11.5. The van der Waals surface area contributed by atoms with Gasteiger partial charge in [0.15, 0.2) is 0 Å². The molecule has 0 fully saturated rings. The maximum absolute atomic E-state index is 12.8. The predicted molar refractivity (Wildman–Crippen MR) is 112 cm³/mol. The maximum Gasteiger partial charge on any atom is 0.341 e. The number of amides is 1. The molecule has 1 amide bonds. The summed E-state index contributed by atoms with van der Waals surface area (Å²) in [7, 11) is 1.31. The normalized spacial score (nSPS) is 10.8. The molecule has 0 atom stereocenters. The Labute approximate surface area is 172 Å². The first-order valence-corrected chi connectivity index (χ1v) is 9.94. The lowest BCUT2D eigenvalue weighted by Gasteiger charge is -2.09. The van der Waals surface area contributed by atoms with Gasteiger partial charge in [-0.25, -0.2) is 4.79 Å². The number of carbonyl (C=O) groups is 2. The Morgan fingerprint density at radius 1 is 1.17 bits per heavy atom. The highest BCUT2D eigenvalue weighted by atomic mass is 32.1. The first-order valence-electron chi connectivity index (χ1n) is 9.06. The standard InChI is InChI=1S/C21H21N3O4S/c1-13(2)11-14-12-29-20(18(14)21(27)28-3)22-19(26)16-9-10-17(25)24(23-16)15-7-5-4-6-8-15/h4-10,12-13H,11H2,1-3H3,(H,22,26). The van der Waals surface area contributed by atoms with E-state index in [2.05, 4.69) is 10.4 Å². The number of anilines is 1. The molecule has 2 aromatic heterocycles. The van der Waals surface area contributed by atoms with Crippen LogP contribution in [0.5, 0.6) is 0 Å². The number of rotatable bonds is 6. The third-order valence-electron chi connectivity index (χ3n) is 4.15. The van der Waals surface area contributed by atoms with E-state index < -0.39 is 11.9 Å². The highest BCUT2D eigenvalue weighted by Crippen LogP contribution is 2.31. The Morgan fingerprint density at radius 3 is 2.55 bits per heavy atom. The molecule has 0 aliphatic carbocycles. The van der Waals surface area contributed by atoms with Crippen LogP contribution in [0.25, 0.3) is 5.69 Å². The zero-order valence-corrected chi connectivity index (χ0v) is 17.2. The average molecular weight is 411 g/mol. The van der Waals surface area contributed by atoms with Gasteiger partial charge >= 0.3 is 5.97 Å². The van der Waals surface area contributed by atoms with E-state index in [0.717, 1.165) is 10.2 Å². The van der Waals surface area contributed by atoms with E-state index in [1.807, 2.05) is 25.3 Å². The second kappa shape index (κ2) is 8.83. The molecule has 0 radical (unpaired) electrons. The van der Waals surface area contributed by atoms with Crippen LogP contribution in [0.4, 0.5) is 5.00 Å². The topological polar surface area (TPSA) is 90.3 Å². The fourth-order valence-electron chi connectivity index (χ4n) is 2.86. The SMILES string of the molecule is COC(=O)c1c(CC(C)C)csc1NC(=O)c1ccc(=O)n(-c2ccccc2)n1. The highest BCUT2D eigenvalue weighted by Gasteiger charge is 2.22. The van der Waals surface area contributed by atoms with E-state index in [0.29, 0.717) is 28.6 Å². The fraction of sp³-hybridized carbons (Fsp3) is 0.238. The lowest BCUT2D eigenvalue weighted by atomic mass is 10.0. The van der Waals surface area contributed by atoms with Crippen LogP contribution < -0.4 is 10.9 Å². The molecule has 1 N–H and O–H groups in total. The van der Waals surface area contributed by atoms with E-state index in [1.54, 1.807) is 24.3 Å². The van der Waals surface area contributed by atoms with Crippen LogP contribution >= 0.6 is 11.3 Å². The van der Waals surface area contributed by atoms with Crippen molar-refractivity contribution < 1.29 is 14.3 Å². The first-order chi connectivity index (χ1) is 13.9. The van der Waals surface area contributed by atoms with E-state index in [1.165, 1.54) is 30.6 Å². The van der Waals surface area contributed by atoms with Gasteiger partial charge in [0.25, 0.3) is 11.5 Å². The number of nitrogens with one attached hydrogen (secondary N) is 1. The van der Waals surface area contributed by atoms with Crippen molar-refractivity contribution in [3.8, 4) is 5.69 Å². The highest BCUT2D eigenvalue weighted by molar-refractivity contribution is 7.15. The lowest BCUT2D eigenvalue weighted by Crippen LogP contribution is -2.25. The summed E-state index contributed by atoms with van der Waals surface area (Å²) in [5.41, 5.74) is 1.45. The van der Waals surface area contributed by atoms with Gasteiger partial charge in [-0.15, -0.1) is 11.3 Å². The van der Waals surface area contributed by atoms with Crippen molar-refractivity contribution in [3.63, 3.8) is 0 Å². The summed E-state index contributed by atoms with van der Waals surface area (Å²) in [6.07, 6.45) is 0.688. The molecule has 29 heavy (non-hydrogen) atoms. The molecule has 1 aromatic carbocycles. The van der Waals surface area contributed by atoms with E-state index in [9.17, 15) is 14.4 Å². The number of aromatic nitrogens is 2. The largest absolute Gasteiger partial charge is 0.465 e. The van der Waals surface area contributed by atoms with Gasteiger partial charge in [-0.05, 0) is 41.5 Å². The number of ether oxygens (including phenoxy) is 1. The van der Waals surface area contributed by atoms with Gasteiger partial charge in [-0.3, -0.25) is 9.59 Å². The number of carbonyl (C=O) groups excluding carboxylic acids is 2. The second-order valence-corrected chi connectivity index (χ2v) is 7.69. The molecule has 0 saturated heterocycles. The van der Waals surface area contributed by atoms with Crippen molar-refractivity contribution in [1.82, 2.24) is 9.78 Å². The number of hydrogen-bond donors (Lipinski definition) is 1. The van der Waals surface area contributed by atoms with Gasteiger partial charge in [0.05, 0.1) is 18.4 Å². The number of benzene rings is 1. The number of esters is 1. The quantitative estimate of drug-likeness (QED) is 0.627. The van der Waals surface area contributed by atoms with Gasteiger partial charge in [0.2, 0.25) is 0 Å².